The molecule has 21 heavy (non-hydrogen) atoms. The molecule has 0 fully saturated rings. The molecule has 0 aliphatic carbocycles. The van der Waals surface area contributed by atoms with E-state index in [1.807, 2.05) is 25.1 Å². The zero-order chi connectivity index (χ0) is 15.0. The summed E-state index contributed by atoms with van der Waals surface area (Å²) in [6, 6.07) is 10.4. The second-order valence-corrected chi connectivity index (χ2v) is 5.75. The Morgan fingerprint density at radius 2 is 2.14 bits per heavy atom. The van der Waals surface area contributed by atoms with Crippen LogP contribution in [0.1, 0.15) is 6.92 Å². The Hall–Kier alpha value is -1.66. The molecule has 0 unspecified atom stereocenters. The molecule has 2 aromatic carbocycles. The van der Waals surface area contributed by atoms with Crippen LogP contribution >= 0.6 is 28.1 Å². The third kappa shape index (κ3) is 2.49. The van der Waals surface area contributed by atoms with Gasteiger partial charge in [0.2, 0.25) is 0 Å². The maximum Gasteiger partial charge on any atom is 0.182 e. The first-order chi connectivity index (χ1) is 10.1. The average molecular weight is 367 g/mol. The number of imidazole rings is 1. The van der Waals surface area contributed by atoms with Crippen LogP contribution in [0, 0.1) is 10.6 Å². The van der Waals surface area contributed by atoms with Gasteiger partial charge in [-0.15, -0.1) is 0 Å². The van der Waals surface area contributed by atoms with Crippen molar-refractivity contribution in [2.45, 2.75) is 6.92 Å². The highest BCUT2D eigenvalue weighted by molar-refractivity contribution is 9.10. The van der Waals surface area contributed by atoms with Gasteiger partial charge in [0.25, 0.3) is 0 Å². The van der Waals surface area contributed by atoms with Crippen molar-refractivity contribution in [3.05, 3.63) is 51.5 Å². The maximum absolute atomic E-state index is 14.2. The summed E-state index contributed by atoms with van der Waals surface area (Å²) in [5, 5.41) is 0. The van der Waals surface area contributed by atoms with Crippen molar-refractivity contribution in [2.24, 2.45) is 0 Å². The molecule has 0 saturated heterocycles. The van der Waals surface area contributed by atoms with Gasteiger partial charge < -0.3 is 9.72 Å². The van der Waals surface area contributed by atoms with E-state index in [9.17, 15) is 4.39 Å². The zero-order valence-corrected chi connectivity index (χ0v) is 13.6. The summed E-state index contributed by atoms with van der Waals surface area (Å²) >= 11 is 8.71. The number of halogens is 2. The van der Waals surface area contributed by atoms with Crippen LogP contribution in [0.2, 0.25) is 0 Å². The fourth-order valence-electron chi connectivity index (χ4n) is 2.28. The van der Waals surface area contributed by atoms with Crippen molar-refractivity contribution >= 4 is 39.2 Å². The van der Waals surface area contributed by atoms with Gasteiger partial charge in [0.05, 0.1) is 17.8 Å². The van der Waals surface area contributed by atoms with Crippen molar-refractivity contribution in [3.63, 3.8) is 0 Å². The van der Waals surface area contributed by atoms with Gasteiger partial charge >= 0.3 is 0 Å². The Bertz CT molecular complexity index is 872. The van der Waals surface area contributed by atoms with E-state index in [0.717, 1.165) is 15.5 Å². The van der Waals surface area contributed by atoms with E-state index in [1.54, 1.807) is 16.7 Å². The molecule has 108 valence electrons. The minimum Gasteiger partial charge on any atom is -0.492 e. The standard InChI is InChI=1S/C15H12BrFN2OS/c1-2-20-13-5-3-4-11-14(13)18-15(21)19(11)12-8-9(16)6-7-10(12)17/h3-8H,2H2,1H3,(H,18,21). The third-order valence-corrected chi connectivity index (χ3v) is 3.91. The van der Waals surface area contributed by atoms with Crippen LogP contribution in [0.25, 0.3) is 16.7 Å². The second kappa shape index (κ2) is 5.61. The molecular weight excluding hydrogens is 355 g/mol. The number of aromatic amines is 1. The first kappa shape index (κ1) is 14.3. The first-order valence-electron chi connectivity index (χ1n) is 6.43. The van der Waals surface area contributed by atoms with E-state index in [2.05, 4.69) is 20.9 Å². The van der Waals surface area contributed by atoms with E-state index in [4.69, 9.17) is 17.0 Å². The molecular formula is C15H12BrFN2OS. The van der Waals surface area contributed by atoms with Crippen molar-refractivity contribution in [2.75, 3.05) is 6.61 Å². The number of aromatic nitrogens is 2. The number of nitrogens with zero attached hydrogens (tertiary/aromatic N) is 1. The topological polar surface area (TPSA) is 29.9 Å². The maximum atomic E-state index is 14.2. The molecule has 1 N–H and O–H groups in total. The highest BCUT2D eigenvalue weighted by Gasteiger charge is 2.13. The second-order valence-electron chi connectivity index (χ2n) is 4.44. The molecule has 0 atom stereocenters. The monoisotopic (exact) mass is 366 g/mol. The van der Waals surface area contributed by atoms with Gasteiger partial charge in [0, 0.05) is 4.47 Å². The minimum atomic E-state index is -0.336. The molecule has 1 aromatic heterocycles. The van der Waals surface area contributed by atoms with Crippen molar-refractivity contribution in [3.8, 4) is 11.4 Å². The third-order valence-electron chi connectivity index (χ3n) is 3.13. The predicted octanol–water partition coefficient (Wildman–Crippen LogP) is 4.99. The number of nitrogens with one attached hydrogen (secondary N) is 1. The van der Waals surface area contributed by atoms with Crippen LogP contribution < -0.4 is 4.74 Å². The smallest absolute Gasteiger partial charge is 0.182 e. The molecule has 0 aliphatic heterocycles. The lowest BCUT2D eigenvalue weighted by molar-refractivity contribution is 0.343. The lowest BCUT2D eigenvalue weighted by Crippen LogP contribution is -1.98. The average Bonchev–Trinajstić information content (AvgIpc) is 2.79. The molecule has 0 amide bonds. The van der Waals surface area contributed by atoms with Crippen LogP contribution in [0.3, 0.4) is 0 Å². The normalized spacial score (nSPS) is 11.0. The highest BCUT2D eigenvalue weighted by Crippen LogP contribution is 2.29. The van der Waals surface area contributed by atoms with Crippen molar-refractivity contribution in [1.29, 1.82) is 0 Å². The quantitative estimate of drug-likeness (QED) is 0.661. The van der Waals surface area contributed by atoms with E-state index < -0.39 is 0 Å². The highest BCUT2D eigenvalue weighted by atomic mass is 79.9. The molecule has 3 rings (SSSR count). The fourth-order valence-corrected chi connectivity index (χ4v) is 2.92. The molecule has 3 nitrogen and oxygen atoms in total. The summed E-state index contributed by atoms with van der Waals surface area (Å²) in [5.74, 6) is 0.368. The van der Waals surface area contributed by atoms with E-state index in [0.29, 0.717) is 22.8 Å². The summed E-state index contributed by atoms with van der Waals surface area (Å²) < 4.78 is 22.6. The predicted molar refractivity (Wildman–Crippen MR) is 87.3 cm³/mol. The number of rotatable bonds is 3. The Labute approximate surface area is 134 Å². The summed E-state index contributed by atoms with van der Waals surface area (Å²) in [6.45, 7) is 2.47. The first-order valence-corrected chi connectivity index (χ1v) is 7.64. The van der Waals surface area contributed by atoms with E-state index >= 15 is 0 Å². The van der Waals surface area contributed by atoms with Gasteiger partial charge in [-0.25, -0.2) is 4.39 Å². The SMILES string of the molecule is CCOc1cccc2c1[nH]c(=S)n2-c1cc(Br)ccc1F. The molecule has 1 heterocycles. The number of para-hydroxylation sites is 1. The molecule has 0 saturated carbocycles. The Balaban J connectivity index is 2.33. The zero-order valence-electron chi connectivity index (χ0n) is 11.2. The van der Waals surface area contributed by atoms with Crippen LogP contribution in [-0.2, 0) is 0 Å². The number of fused-ring (bicyclic) bond motifs is 1. The fraction of sp³-hybridized carbons (Fsp3) is 0.133. The van der Waals surface area contributed by atoms with Gasteiger partial charge in [0.15, 0.2) is 4.77 Å². The molecule has 6 heteroatoms. The van der Waals surface area contributed by atoms with Crippen LogP contribution in [0.4, 0.5) is 4.39 Å². The van der Waals surface area contributed by atoms with Crippen LogP contribution in [0.15, 0.2) is 40.9 Å². The Morgan fingerprint density at radius 3 is 2.90 bits per heavy atom. The number of hydrogen-bond acceptors (Lipinski definition) is 2. The van der Waals surface area contributed by atoms with Crippen molar-refractivity contribution in [1.82, 2.24) is 9.55 Å². The molecule has 3 aromatic rings. The van der Waals surface area contributed by atoms with Gasteiger partial charge in [-0.3, -0.25) is 4.57 Å². The molecule has 0 aliphatic rings. The van der Waals surface area contributed by atoms with Gasteiger partial charge in [-0.2, -0.15) is 0 Å². The van der Waals surface area contributed by atoms with Crippen LogP contribution in [-0.4, -0.2) is 16.2 Å². The Morgan fingerprint density at radius 1 is 1.33 bits per heavy atom. The number of hydrogen-bond donors (Lipinski definition) is 1. The summed E-state index contributed by atoms with van der Waals surface area (Å²) in [7, 11) is 0. The van der Waals surface area contributed by atoms with Crippen LogP contribution in [0.5, 0.6) is 5.75 Å². The molecule has 0 spiro atoms. The van der Waals surface area contributed by atoms with Crippen molar-refractivity contribution < 1.29 is 9.13 Å². The number of H-pyrrole nitrogens is 1. The van der Waals surface area contributed by atoms with E-state index in [1.165, 1.54) is 6.07 Å². The summed E-state index contributed by atoms with van der Waals surface area (Å²) in [4.78, 5) is 3.10. The van der Waals surface area contributed by atoms with Gasteiger partial charge in [-0.1, -0.05) is 22.0 Å². The number of benzene rings is 2. The minimum absolute atomic E-state index is 0.336. The number of ether oxygens (including phenoxy) is 1. The summed E-state index contributed by atoms with van der Waals surface area (Å²) in [6.07, 6.45) is 0. The Kier molecular flexibility index (Phi) is 3.82. The molecule has 0 radical (unpaired) electrons. The lowest BCUT2D eigenvalue weighted by Gasteiger charge is -2.08. The molecule has 0 bridgehead atoms. The largest absolute Gasteiger partial charge is 0.492 e. The van der Waals surface area contributed by atoms with Gasteiger partial charge in [0.1, 0.15) is 17.1 Å². The van der Waals surface area contributed by atoms with E-state index in [-0.39, 0.29) is 5.82 Å². The lowest BCUT2D eigenvalue weighted by atomic mass is 10.2. The summed E-state index contributed by atoms with van der Waals surface area (Å²) in [5.41, 5.74) is 1.95. The van der Waals surface area contributed by atoms with Gasteiger partial charge in [-0.05, 0) is 49.5 Å².